The van der Waals surface area contributed by atoms with E-state index in [2.05, 4.69) is 5.32 Å². The molecule has 4 amide bonds. The number of hydrogen-bond donors (Lipinski definition) is 1. The fourth-order valence-electron chi connectivity index (χ4n) is 5.67. The number of anilines is 1. The van der Waals surface area contributed by atoms with Crippen LogP contribution in [0.15, 0.2) is 23.1 Å². The Morgan fingerprint density at radius 2 is 1.97 bits per heavy atom. The zero-order valence-electron chi connectivity index (χ0n) is 19.3. The number of hydrogen-bond acceptors (Lipinski definition) is 6. The summed E-state index contributed by atoms with van der Waals surface area (Å²) in [4.78, 5) is 61.7. The number of rotatable bonds is 2. The fraction of sp³-hybridized carbons (Fsp3) is 0.542. The van der Waals surface area contributed by atoms with Gasteiger partial charge in [-0.15, -0.1) is 0 Å². The Hall–Kier alpha value is -3.23. The van der Waals surface area contributed by atoms with Gasteiger partial charge < -0.3 is 4.90 Å². The van der Waals surface area contributed by atoms with Crippen LogP contribution >= 0.6 is 0 Å². The van der Waals surface area contributed by atoms with E-state index in [4.69, 9.17) is 4.98 Å². The lowest BCUT2D eigenvalue weighted by Gasteiger charge is -2.50. The van der Waals surface area contributed by atoms with Crippen molar-refractivity contribution in [3.63, 3.8) is 0 Å². The number of fused-ring (bicyclic) bond motifs is 5. The van der Waals surface area contributed by atoms with Crippen LogP contribution in [0.4, 0.5) is 10.6 Å². The molecule has 2 saturated heterocycles. The third-order valence-electron chi connectivity index (χ3n) is 7.22. The first-order chi connectivity index (χ1) is 15.8. The van der Waals surface area contributed by atoms with Gasteiger partial charge in [0.2, 0.25) is 11.8 Å². The van der Waals surface area contributed by atoms with Crippen molar-refractivity contribution in [3.05, 3.63) is 39.8 Å². The maximum atomic E-state index is 14.0. The molecule has 0 bridgehead atoms. The lowest BCUT2D eigenvalue weighted by atomic mass is 9.68. The van der Waals surface area contributed by atoms with E-state index in [1.54, 1.807) is 12.3 Å². The largest absolute Gasteiger partial charge is 0.352 e. The Morgan fingerprint density at radius 1 is 1.18 bits per heavy atom. The second-order valence-corrected chi connectivity index (χ2v) is 9.88. The van der Waals surface area contributed by atoms with Crippen LogP contribution in [0.2, 0.25) is 0 Å². The van der Waals surface area contributed by atoms with Gasteiger partial charge in [-0.2, -0.15) is 0 Å². The van der Waals surface area contributed by atoms with Gasteiger partial charge in [-0.05, 0) is 37.3 Å². The van der Waals surface area contributed by atoms with Gasteiger partial charge in [0.25, 0.3) is 5.56 Å². The average Bonchev–Trinajstić information content (AvgIpc) is 3.03. The van der Waals surface area contributed by atoms with Crippen molar-refractivity contribution in [2.75, 3.05) is 18.0 Å². The van der Waals surface area contributed by atoms with Gasteiger partial charge in [0.15, 0.2) is 5.41 Å². The number of imide groups is 2. The van der Waals surface area contributed by atoms with Crippen LogP contribution in [0.5, 0.6) is 0 Å². The molecule has 1 N–H and O–H groups in total. The molecule has 3 aliphatic heterocycles. The molecular formula is C24H29N5O4. The summed E-state index contributed by atoms with van der Waals surface area (Å²) in [6, 6.07) is 2.55. The second-order valence-electron chi connectivity index (χ2n) is 9.88. The lowest BCUT2D eigenvalue weighted by Crippen LogP contribution is -2.72. The molecule has 2 atom stereocenters. The van der Waals surface area contributed by atoms with Gasteiger partial charge >= 0.3 is 6.03 Å². The van der Waals surface area contributed by atoms with Crippen LogP contribution in [0, 0.1) is 18.3 Å². The van der Waals surface area contributed by atoms with Crippen LogP contribution in [0.25, 0.3) is 5.65 Å². The van der Waals surface area contributed by atoms with E-state index in [0.717, 1.165) is 29.7 Å². The third kappa shape index (κ3) is 3.08. The van der Waals surface area contributed by atoms with Gasteiger partial charge in [-0.1, -0.05) is 32.8 Å². The van der Waals surface area contributed by atoms with Crippen molar-refractivity contribution in [1.29, 1.82) is 0 Å². The number of carbonyl (C=O) groups excluding carboxylic acids is 3. The van der Waals surface area contributed by atoms with E-state index in [1.807, 2.05) is 31.7 Å². The van der Waals surface area contributed by atoms with E-state index >= 15 is 0 Å². The maximum Gasteiger partial charge on any atom is 0.330 e. The minimum absolute atomic E-state index is 0.0466. The van der Waals surface area contributed by atoms with E-state index in [-0.39, 0.29) is 24.4 Å². The molecular weight excluding hydrogens is 422 g/mol. The second kappa shape index (κ2) is 7.67. The van der Waals surface area contributed by atoms with E-state index < -0.39 is 29.3 Å². The molecule has 5 rings (SSSR count). The quantitative estimate of drug-likeness (QED) is 0.701. The molecule has 2 aromatic heterocycles. The smallest absolute Gasteiger partial charge is 0.330 e. The molecule has 0 saturated carbocycles. The standard InChI is InChI=1S/C24H29N5O4/c1-14(2)13-29-22(32)24(21(31)26-23(29)33)12-16-19(27-10-6-4-5-9-17(24)27)25-18-15(3)8-7-11-28(18)20(16)30/h7-8,11,14,17H,4-6,9-10,12-13H2,1-3H3,(H,26,31,33)/t17-,24+/m0/s1. The molecule has 0 radical (unpaired) electrons. The lowest BCUT2D eigenvalue weighted by molar-refractivity contribution is -0.154. The Labute approximate surface area is 191 Å². The molecule has 174 valence electrons. The van der Waals surface area contributed by atoms with Crippen molar-refractivity contribution < 1.29 is 14.4 Å². The molecule has 0 aromatic carbocycles. The fourth-order valence-corrected chi connectivity index (χ4v) is 5.67. The van der Waals surface area contributed by atoms with Gasteiger partial charge in [-0.3, -0.25) is 29.0 Å². The molecule has 0 aliphatic carbocycles. The zero-order chi connectivity index (χ0) is 23.5. The number of aryl methyl sites for hydroxylation is 1. The number of amides is 4. The van der Waals surface area contributed by atoms with Crippen molar-refractivity contribution in [2.45, 2.75) is 58.9 Å². The number of nitrogens with zero attached hydrogens (tertiary/aromatic N) is 4. The molecule has 3 aliphatic rings. The first-order valence-electron chi connectivity index (χ1n) is 11.7. The number of urea groups is 1. The van der Waals surface area contributed by atoms with Crippen molar-refractivity contribution in [2.24, 2.45) is 11.3 Å². The highest BCUT2D eigenvalue weighted by Crippen LogP contribution is 2.45. The zero-order valence-corrected chi connectivity index (χ0v) is 19.3. The van der Waals surface area contributed by atoms with Crippen LogP contribution in [0.1, 0.15) is 50.7 Å². The highest BCUT2D eigenvalue weighted by Gasteiger charge is 2.62. The van der Waals surface area contributed by atoms with Gasteiger partial charge in [0, 0.05) is 25.7 Å². The average molecular weight is 452 g/mol. The van der Waals surface area contributed by atoms with Crippen molar-refractivity contribution in [1.82, 2.24) is 19.6 Å². The molecule has 2 aromatic rings. The van der Waals surface area contributed by atoms with E-state index in [1.165, 1.54) is 4.40 Å². The monoisotopic (exact) mass is 451 g/mol. The number of barbiturate groups is 1. The maximum absolute atomic E-state index is 14.0. The van der Waals surface area contributed by atoms with Crippen LogP contribution in [-0.2, 0) is 16.0 Å². The van der Waals surface area contributed by atoms with E-state index in [9.17, 15) is 19.2 Å². The summed E-state index contributed by atoms with van der Waals surface area (Å²) in [7, 11) is 0. The number of nitrogens with one attached hydrogen (secondary N) is 1. The summed E-state index contributed by atoms with van der Waals surface area (Å²) in [5.41, 5.74) is 0.0201. The van der Waals surface area contributed by atoms with Crippen LogP contribution < -0.4 is 15.8 Å². The molecule has 5 heterocycles. The summed E-state index contributed by atoms with van der Waals surface area (Å²) < 4.78 is 1.49. The molecule has 9 heteroatoms. The molecule has 9 nitrogen and oxygen atoms in total. The van der Waals surface area contributed by atoms with Gasteiger partial charge in [-0.25, -0.2) is 9.78 Å². The van der Waals surface area contributed by atoms with Crippen molar-refractivity contribution >= 4 is 29.3 Å². The summed E-state index contributed by atoms with van der Waals surface area (Å²) in [6.45, 7) is 6.57. The Bertz CT molecular complexity index is 1240. The molecule has 1 spiro atoms. The highest BCUT2D eigenvalue weighted by molar-refractivity contribution is 6.20. The minimum Gasteiger partial charge on any atom is -0.352 e. The Morgan fingerprint density at radius 3 is 2.73 bits per heavy atom. The van der Waals surface area contributed by atoms with Gasteiger partial charge in [0.1, 0.15) is 11.5 Å². The molecule has 2 fully saturated rings. The topological polar surface area (TPSA) is 104 Å². The first kappa shape index (κ1) is 21.6. The summed E-state index contributed by atoms with van der Waals surface area (Å²) in [6.07, 6.45) is 4.94. The molecule has 33 heavy (non-hydrogen) atoms. The predicted octanol–water partition coefficient (Wildman–Crippen LogP) is 2.03. The van der Waals surface area contributed by atoms with Gasteiger partial charge in [0.05, 0.1) is 11.6 Å². The highest BCUT2D eigenvalue weighted by atomic mass is 16.2. The number of aromatic nitrogens is 2. The third-order valence-corrected chi connectivity index (χ3v) is 7.22. The van der Waals surface area contributed by atoms with E-state index in [0.29, 0.717) is 30.0 Å². The molecule has 0 unspecified atom stereocenters. The number of carbonyl (C=O) groups is 3. The normalized spacial score (nSPS) is 25.3. The van der Waals surface area contributed by atoms with Crippen LogP contribution in [0.3, 0.4) is 0 Å². The first-order valence-corrected chi connectivity index (χ1v) is 11.7. The summed E-state index contributed by atoms with van der Waals surface area (Å²) in [5, 5.41) is 2.45. The summed E-state index contributed by atoms with van der Waals surface area (Å²) in [5.74, 6) is -0.486. The SMILES string of the molecule is Cc1cccn2c(=O)c3c(nc12)N1CCCCC[C@H]1[C@]1(C3)C(=O)NC(=O)N(CC(C)C)C1=O. The van der Waals surface area contributed by atoms with Crippen LogP contribution in [-0.4, -0.2) is 51.3 Å². The minimum atomic E-state index is -1.53. The Kier molecular flexibility index (Phi) is 5.02. The predicted molar refractivity (Wildman–Crippen MR) is 122 cm³/mol. The Balaban J connectivity index is 1.75. The summed E-state index contributed by atoms with van der Waals surface area (Å²) >= 11 is 0. The number of pyridine rings is 1. The van der Waals surface area contributed by atoms with Crippen molar-refractivity contribution in [3.8, 4) is 0 Å².